The molecule has 0 radical (unpaired) electrons. The molecular weight excluding hydrogens is 318 g/mol. The van der Waals surface area contributed by atoms with Gasteiger partial charge in [-0.2, -0.15) is 5.10 Å². The largest absolute Gasteiger partial charge is 0.497 e. The van der Waals surface area contributed by atoms with Crippen molar-refractivity contribution in [2.24, 2.45) is 0 Å². The van der Waals surface area contributed by atoms with Crippen LogP contribution >= 0.6 is 0 Å². The van der Waals surface area contributed by atoms with E-state index in [1.54, 1.807) is 13.3 Å². The number of hydrogen-bond donors (Lipinski definition) is 2. The number of nitrogens with one attached hydrogen (secondary N) is 2. The predicted molar refractivity (Wildman–Crippen MR) is 93.6 cm³/mol. The molecule has 3 heterocycles. The SMILES string of the molecule is CCn1ccnc1C1CC(=O)Nc2n[nH]c(-c3cccc(OC)c3)c21. The highest BCUT2D eigenvalue weighted by molar-refractivity contribution is 5.95. The number of amides is 1. The normalized spacial score (nSPS) is 16.4. The van der Waals surface area contributed by atoms with Crippen molar-refractivity contribution in [3.8, 4) is 17.0 Å². The first-order valence-electron chi connectivity index (χ1n) is 8.24. The van der Waals surface area contributed by atoms with Crippen LogP contribution in [0.25, 0.3) is 11.3 Å². The van der Waals surface area contributed by atoms with Crippen molar-refractivity contribution >= 4 is 11.7 Å². The summed E-state index contributed by atoms with van der Waals surface area (Å²) in [6.07, 6.45) is 4.06. The first-order chi connectivity index (χ1) is 12.2. The lowest BCUT2D eigenvalue weighted by atomic mass is 9.89. The zero-order chi connectivity index (χ0) is 17.4. The molecule has 0 spiro atoms. The average Bonchev–Trinajstić information content (AvgIpc) is 3.27. The van der Waals surface area contributed by atoms with Crippen LogP contribution in [0.3, 0.4) is 0 Å². The minimum absolute atomic E-state index is 0.0492. The number of benzene rings is 1. The van der Waals surface area contributed by atoms with E-state index in [4.69, 9.17) is 4.74 Å². The second kappa shape index (κ2) is 6.08. The number of rotatable bonds is 4. The molecule has 7 nitrogen and oxygen atoms in total. The van der Waals surface area contributed by atoms with Gasteiger partial charge in [-0.05, 0) is 19.1 Å². The van der Waals surface area contributed by atoms with Gasteiger partial charge in [0.15, 0.2) is 5.82 Å². The van der Waals surface area contributed by atoms with Crippen LogP contribution in [-0.4, -0.2) is 32.8 Å². The number of H-pyrrole nitrogens is 1. The van der Waals surface area contributed by atoms with Gasteiger partial charge in [0.25, 0.3) is 0 Å². The number of carbonyl (C=O) groups excluding carboxylic acids is 1. The maximum Gasteiger partial charge on any atom is 0.226 e. The number of carbonyl (C=O) groups is 1. The Morgan fingerprint density at radius 3 is 3.08 bits per heavy atom. The van der Waals surface area contributed by atoms with E-state index in [0.29, 0.717) is 12.2 Å². The molecule has 4 rings (SSSR count). The minimum Gasteiger partial charge on any atom is -0.497 e. The van der Waals surface area contributed by atoms with Crippen LogP contribution in [-0.2, 0) is 11.3 Å². The van der Waals surface area contributed by atoms with Gasteiger partial charge in [0.05, 0.1) is 18.7 Å². The highest BCUT2D eigenvalue weighted by atomic mass is 16.5. The van der Waals surface area contributed by atoms with Gasteiger partial charge in [0, 0.05) is 36.5 Å². The lowest BCUT2D eigenvalue weighted by Gasteiger charge is -2.23. The quantitative estimate of drug-likeness (QED) is 0.767. The fourth-order valence-electron chi connectivity index (χ4n) is 3.37. The minimum atomic E-state index is -0.140. The number of aryl methyl sites for hydroxylation is 1. The Balaban J connectivity index is 1.87. The lowest BCUT2D eigenvalue weighted by Crippen LogP contribution is -2.25. The summed E-state index contributed by atoms with van der Waals surface area (Å²) in [6, 6.07) is 7.78. The van der Waals surface area contributed by atoms with Crippen LogP contribution in [0, 0.1) is 0 Å². The van der Waals surface area contributed by atoms with E-state index in [9.17, 15) is 4.79 Å². The molecule has 0 saturated heterocycles. The van der Waals surface area contributed by atoms with Gasteiger partial charge >= 0.3 is 0 Å². The van der Waals surface area contributed by atoms with Crippen LogP contribution in [0.1, 0.15) is 30.7 Å². The van der Waals surface area contributed by atoms with E-state index in [0.717, 1.165) is 34.9 Å². The molecule has 1 atom stereocenters. The molecule has 0 saturated carbocycles. The van der Waals surface area contributed by atoms with Crippen LogP contribution in [0.2, 0.25) is 0 Å². The van der Waals surface area contributed by atoms with Crippen molar-refractivity contribution in [2.75, 3.05) is 12.4 Å². The highest BCUT2D eigenvalue weighted by Gasteiger charge is 2.34. The van der Waals surface area contributed by atoms with E-state index in [1.165, 1.54) is 0 Å². The summed E-state index contributed by atoms with van der Waals surface area (Å²) in [6.45, 7) is 2.86. The summed E-state index contributed by atoms with van der Waals surface area (Å²) in [5.74, 6) is 2.03. The van der Waals surface area contributed by atoms with Gasteiger partial charge in [-0.3, -0.25) is 9.89 Å². The summed E-state index contributed by atoms with van der Waals surface area (Å²) in [5.41, 5.74) is 2.81. The van der Waals surface area contributed by atoms with Crippen molar-refractivity contribution in [1.82, 2.24) is 19.7 Å². The molecule has 1 aliphatic heterocycles. The predicted octanol–water partition coefficient (Wildman–Crippen LogP) is 2.78. The first kappa shape index (κ1) is 15.4. The number of aromatic amines is 1. The molecule has 1 unspecified atom stereocenters. The van der Waals surface area contributed by atoms with E-state index < -0.39 is 0 Å². The Labute approximate surface area is 145 Å². The Bertz CT molecular complexity index is 927. The summed E-state index contributed by atoms with van der Waals surface area (Å²) in [5, 5.41) is 10.3. The molecule has 2 N–H and O–H groups in total. The van der Waals surface area contributed by atoms with Gasteiger partial charge in [0.1, 0.15) is 11.6 Å². The van der Waals surface area contributed by atoms with Crippen molar-refractivity contribution in [1.29, 1.82) is 0 Å². The number of nitrogens with zero attached hydrogens (tertiary/aromatic N) is 3. The lowest BCUT2D eigenvalue weighted by molar-refractivity contribution is -0.116. The molecule has 1 amide bonds. The summed E-state index contributed by atoms with van der Waals surface area (Å²) in [7, 11) is 1.64. The maximum absolute atomic E-state index is 12.2. The molecule has 25 heavy (non-hydrogen) atoms. The van der Waals surface area contributed by atoms with Crippen molar-refractivity contribution in [3.63, 3.8) is 0 Å². The number of methoxy groups -OCH3 is 1. The third-order valence-corrected chi connectivity index (χ3v) is 4.56. The number of imidazole rings is 1. The Hall–Kier alpha value is -3.09. The van der Waals surface area contributed by atoms with Gasteiger partial charge in [-0.15, -0.1) is 0 Å². The molecule has 2 aromatic heterocycles. The Morgan fingerprint density at radius 2 is 2.28 bits per heavy atom. The van der Waals surface area contributed by atoms with E-state index in [-0.39, 0.29) is 11.8 Å². The smallest absolute Gasteiger partial charge is 0.226 e. The van der Waals surface area contributed by atoms with Crippen molar-refractivity contribution in [3.05, 3.63) is 48.0 Å². The fraction of sp³-hybridized carbons (Fsp3) is 0.278. The van der Waals surface area contributed by atoms with E-state index in [2.05, 4.69) is 32.0 Å². The number of fused-ring (bicyclic) bond motifs is 1. The van der Waals surface area contributed by atoms with Crippen LogP contribution in [0.5, 0.6) is 5.75 Å². The molecule has 3 aromatic rings. The van der Waals surface area contributed by atoms with Crippen LogP contribution in [0.15, 0.2) is 36.7 Å². The molecule has 0 bridgehead atoms. The third-order valence-electron chi connectivity index (χ3n) is 4.56. The Kier molecular flexibility index (Phi) is 3.76. The number of ether oxygens (including phenoxy) is 1. The molecule has 7 heteroatoms. The summed E-state index contributed by atoms with van der Waals surface area (Å²) >= 11 is 0. The second-order valence-electron chi connectivity index (χ2n) is 5.97. The standard InChI is InChI=1S/C18H19N5O2/c1-3-23-8-7-19-18(23)13-10-14(24)20-17-15(13)16(21-22-17)11-5-4-6-12(9-11)25-2/h4-9,13H,3,10H2,1-2H3,(H2,20,21,22,24). The van der Waals surface area contributed by atoms with Crippen molar-refractivity contribution < 1.29 is 9.53 Å². The molecule has 1 aromatic carbocycles. The first-order valence-corrected chi connectivity index (χ1v) is 8.24. The number of hydrogen-bond acceptors (Lipinski definition) is 4. The van der Waals surface area contributed by atoms with Gasteiger partial charge in [-0.1, -0.05) is 12.1 Å². The highest BCUT2D eigenvalue weighted by Crippen LogP contribution is 2.41. The number of anilines is 1. The molecule has 128 valence electrons. The third kappa shape index (κ3) is 2.57. The van der Waals surface area contributed by atoms with Gasteiger partial charge < -0.3 is 14.6 Å². The summed E-state index contributed by atoms with van der Waals surface area (Å²) in [4.78, 5) is 16.7. The fourth-order valence-corrected chi connectivity index (χ4v) is 3.37. The zero-order valence-electron chi connectivity index (χ0n) is 14.1. The van der Waals surface area contributed by atoms with E-state index in [1.807, 2.05) is 30.5 Å². The Morgan fingerprint density at radius 1 is 1.40 bits per heavy atom. The molecule has 1 aliphatic rings. The topological polar surface area (TPSA) is 84.8 Å². The van der Waals surface area contributed by atoms with Gasteiger partial charge in [-0.25, -0.2) is 4.98 Å². The average molecular weight is 337 g/mol. The molecule has 0 aliphatic carbocycles. The zero-order valence-corrected chi connectivity index (χ0v) is 14.1. The summed E-state index contributed by atoms with van der Waals surface area (Å²) < 4.78 is 7.39. The van der Waals surface area contributed by atoms with Crippen LogP contribution < -0.4 is 10.1 Å². The molecule has 0 fully saturated rings. The van der Waals surface area contributed by atoms with Gasteiger partial charge in [0.2, 0.25) is 5.91 Å². The number of aromatic nitrogens is 4. The van der Waals surface area contributed by atoms with Crippen LogP contribution in [0.4, 0.5) is 5.82 Å². The molecular formula is C18H19N5O2. The van der Waals surface area contributed by atoms with Crippen molar-refractivity contribution in [2.45, 2.75) is 25.8 Å². The second-order valence-corrected chi connectivity index (χ2v) is 5.97. The maximum atomic E-state index is 12.2. The monoisotopic (exact) mass is 337 g/mol. The van der Waals surface area contributed by atoms with E-state index >= 15 is 0 Å².